The molecule has 0 unspecified atom stereocenters. The average molecular weight is 405 g/mol. The minimum atomic E-state index is -0.550. The van der Waals surface area contributed by atoms with Crippen LogP contribution in [0.15, 0.2) is 47.1 Å². The fourth-order valence-corrected chi connectivity index (χ4v) is 2.02. The van der Waals surface area contributed by atoms with Crippen LogP contribution in [0.1, 0.15) is 34.3 Å². The van der Waals surface area contributed by atoms with Gasteiger partial charge in [0, 0.05) is 0 Å². The molecule has 0 atom stereocenters. The Morgan fingerprint density at radius 3 is 2.50 bits per heavy atom. The zero-order chi connectivity index (χ0) is 20.4. The quantitative estimate of drug-likeness (QED) is 0.361. The maximum Gasteiger partial charge on any atom is 0.338 e. The Hall–Kier alpha value is -3.40. The third kappa shape index (κ3) is 6.72. The monoisotopic (exact) mass is 405 g/mol. The van der Waals surface area contributed by atoms with Gasteiger partial charge in [-0.3, -0.25) is 25.8 Å². The summed E-state index contributed by atoms with van der Waals surface area (Å²) in [6.07, 6.45) is 2.09. The molecule has 1 aromatic carbocycles. The lowest BCUT2D eigenvalue weighted by Gasteiger charge is -2.11. The molecule has 0 aliphatic heterocycles. The highest BCUT2D eigenvalue weighted by molar-refractivity contribution is 7.80. The molecule has 28 heavy (non-hydrogen) atoms. The van der Waals surface area contributed by atoms with Gasteiger partial charge in [0.25, 0.3) is 11.8 Å². The zero-order valence-corrected chi connectivity index (χ0v) is 15.8. The Balaban J connectivity index is 1.69. The second kappa shape index (κ2) is 10.7. The van der Waals surface area contributed by atoms with Crippen molar-refractivity contribution in [1.82, 2.24) is 16.2 Å². The van der Waals surface area contributed by atoms with Crippen LogP contribution in [-0.2, 0) is 9.53 Å². The molecule has 2 amide bonds. The number of thiocarbonyl (C=S) groups is 1. The van der Waals surface area contributed by atoms with E-state index >= 15 is 0 Å². The first kappa shape index (κ1) is 20.9. The summed E-state index contributed by atoms with van der Waals surface area (Å²) in [7, 11) is 0. The van der Waals surface area contributed by atoms with Gasteiger partial charge in [-0.1, -0.05) is 6.92 Å². The van der Waals surface area contributed by atoms with Crippen molar-refractivity contribution >= 4 is 35.1 Å². The van der Waals surface area contributed by atoms with Crippen molar-refractivity contribution in [2.75, 3.05) is 13.2 Å². The largest absolute Gasteiger partial charge is 0.484 e. The van der Waals surface area contributed by atoms with E-state index in [4.69, 9.17) is 26.1 Å². The Bertz CT molecular complexity index is 820. The summed E-state index contributed by atoms with van der Waals surface area (Å²) in [5.74, 6) is -1.01. The fraction of sp³-hybridized carbons (Fsp3) is 0.222. The normalized spacial score (nSPS) is 9.89. The third-order valence-corrected chi connectivity index (χ3v) is 3.39. The Labute approximate surface area is 166 Å². The summed E-state index contributed by atoms with van der Waals surface area (Å²) >= 11 is 4.89. The van der Waals surface area contributed by atoms with E-state index in [2.05, 4.69) is 16.2 Å². The molecule has 0 radical (unpaired) electrons. The number of esters is 1. The Morgan fingerprint density at radius 1 is 1.11 bits per heavy atom. The molecule has 3 N–H and O–H groups in total. The van der Waals surface area contributed by atoms with Crippen LogP contribution in [0, 0.1) is 0 Å². The molecule has 0 aliphatic rings. The molecule has 10 heteroatoms. The van der Waals surface area contributed by atoms with Crippen molar-refractivity contribution < 1.29 is 28.3 Å². The molecular weight excluding hydrogens is 386 g/mol. The average Bonchev–Trinajstić information content (AvgIpc) is 3.24. The van der Waals surface area contributed by atoms with E-state index in [1.54, 1.807) is 30.3 Å². The fourth-order valence-electron chi connectivity index (χ4n) is 1.88. The molecule has 0 saturated carbocycles. The maximum atomic E-state index is 11.8. The van der Waals surface area contributed by atoms with Gasteiger partial charge in [-0.05, 0) is 55.0 Å². The second-order valence-electron chi connectivity index (χ2n) is 5.38. The van der Waals surface area contributed by atoms with Crippen LogP contribution < -0.4 is 20.9 Å². The minimum Gasteiger partial charge on any atom is -0.484 e. The summed E-state index contributed by atoms with van der Waals surface area (Å²) in [5.41, 5.74) is 5.05. The Kier molecular flexibility index (Phi) is 7.97. The number of hydrogen-bond acceptors (Lipinski definition) is 7. The van der Waals surface area contributed by atoms with Crippen molar-refractivity contribution in [3.8, 4) is 5.75 Å². The van der Waals surface area contributed by atoms with Crippen molar-refractivity contribution in [3.05, 3.63) is 54.0 Å². The SMILES string of the molecule is CCCOC(=O)c1ccc(OCC(=O)NNC(=S)NC(=O)c2ccco2)cc1. The van der Waals surface area contributed by atoms with Crippen LogP contribution in [-0.4, -0.2) is 36.1 Å². The maximum absolute atomic E-state index is 11.8. The number of ether oxygens (including phenoxy) is 2. The number of carbonyl (C=O) groups is 3. The molecule has 1 aromatic heterocycles. The van der Waals surface area contributed by atoms with Crippen molar-refractivity contribution in [3.63, 3.8) is 0 Å². The van der Waals surface area contributed by atoms with Crippen molar-refractivity contribution in [2.24, 2.45) is 0 Å². The van der Waals surface area contributed by atoms with Gasteiger partial charge in [-0.2, -0.15) is 0 Å². The van der Waals surface area contributed by atoms with E-state index in [0.717, 1.165) is 6.42 Å². The van der Waals surface area contributed by atoms with Gasteiger partial charge in [0.2, 0.25) is 0 Å². The number of nitrogens with one attached hydrogen (secondary N) is 3. The number of hydrogen-bond donors (Lipinski definition) is 3. The van der Waals surface area contributed by atoms with Gasteiger partial charge in [0.15, 0.2) is 17.5 Å². The van der Waals surface area contributed by atoms with Crippen LogP contribution in [0.25, 0.3) is 0 Å². The van der Waals surface area contributed by atoms with Gasteiger partial charge >= 0.3 is 5.97 Å². The first-order valence-corrected chi connectivity index (χ1v) is 8.74. The van der Waals surface area contributed by atoms with E-state index in [1.165, 1.54) is 12.3 Å². The smallest absolute Gasteiger partial charge is 0.338 e. The molecule has 0 fully saturated rings. The predicted octanol–water partition coefficient (Wildman–Crippen LogP) is 1.56. The molecule has 2 rings (SSSR count). The number of rotatable bonds is 7. The lowest BCUT2D eigenvalue weighted by molar-refractivity contribution is -0.123. The third-order valence-electron chi connectivity index (χ3n) is 3.18. The predicted molar refractivity (Wildman–Crippen MR) is 103 cm³/mol. The summed E-state index contributed by atoms with van der Waals surface area (Å²) in [4.78, 5) is 35.2. The summed E-state index contributed by atoms with van der Waals surface area (Å²) in [6, 6.07) is 9.23. The van der Waals surface area contributed by atoms with Gasteiger partial charge in [0.05, 0.1) is 18.4 Å². The molecule has 9 nitrogen and oxygen atoms in total. The van der Waals surface area contributed by atoms with Crippen LogP contribution in [0.5, 0.6) is 5.75 Å². The Morgan fingerprint density at radius 2 is 1.86 bits per heavy atom. The van der Waals surface area contributed by atoms with Gasteiger partial charge < -0.3 is 13.9 Å². The van der Waals surface area contributed by atoms with Gasteiger partial charge in [-0.25, -0.2) is 4.79 Å². The van der Waals surface area contributed by atoms with E-state index in [9.17, 15) is 14.4 Å². The van der Waals surface area contributed by atoms with Crippen molar-refractivity contribution in [1.29, 1.82) is 0 Å². The number of hydrazine groups is 1. The second-order valence-corrected chi connectivity index (χ2v) is 5.79. The number of carbonyl (C=O) groups excluding carboxylic acids is 3. The van der Waals surface area contributed by atoms with Crippen LogP contribution in [0.2, 0.25) is 0 Å². The number of benzene rings is 1. The lowest BCUT2D eigenvalue weighted by Crippen LogP contribution is -2.49. The van der Waals surface area contributed by atoms with Gasteiger partial charge in [0.1, 0.15) is 5.75 Å². The topological polar surface area (TPSA) is 119 Å². The minimum absolute atomic E-state index is 0.0841. The molecule has 1 heterocycles. The van der Waals surface area contributed by atoms with E-state index in [0.29, 0.717) is 17.9 Å². The highest BCUT2D eigenvalue weighted by Gasteiger charge is 2.11. The lowest BCUT2D eigenvalue weighted by atomic mass is 10.2. The summed E-state index contributed by atoms with van der Waals surface area (Å²) < 4.78 is 15.2. The van der Waals surface area contributed by atoms with E-state index in [1.807, 2.05) is 6.92 Å². The van der Waals surface area contributed by atoms with E-state index < -0.39 is 17.8 Å². The first-order chi connectivity index (χ1) is 13.5. The highest BCUT2D eigenvalue weighted by Crippen LogP contribution is 2.13. The molecular formula is C18H19N3O6S. The van der Waals surface area contributed by atoms with Crippen LogP contribution in [0.3, 0.4) is 0 Å². The molecule has 0 saturated heterocycles. The van der Waals surface area contributed by atoms with Crippen LogP contribution >= 0.6 is 12.2 Å². The number of furan rings is 1. The van der Waals surface area contributed by atoms with Gasteiger partial charge in [-0.15, -0.1) is 0 Å². The standard InChI is InChI=1S/C18H19N3O6S/c1-2-9-26-17(24)12-5-7-13(8-6-12)27-11-15(22)20-21-18(28)19-16(23)14-4-3-10-25-14/h3-8,10H,2,9,11H2,1H3,(H,20,22)(H2,19,21,23,28). The van der Waals surface area contributed by atoms with E-state index in [-0.39, 0.29) is 17.5 Å². The molecule has 0 bridgehead atoms. The summed E-state index contributed by atoms with van der Waals surface area (Å²) in [5, 5.41) is 2.22. The molecule has 2 aromatic rings. The van der Waals surface area contributed by atoms with Crippen LogP contribution in [0.4, 0.5) is 0 Å². The summed E-state index contributed by atoms with van der Waals surface area (Å²) in [6.45, 7) is 1.96. The molecule has 0 aliphatic carbocycles. The van der Waals surface area contributed by atoms with Crippen molar-refractivity contribution in [2.45, 2.75) is 13.3 Å². The highest BCUT2D eigenvalue weighted by atomic mass is 32.1. The molecule has 148 valence electrons. The molecule has 0 spiro atoms. The first-order valence-electron chi connectivity index (χ1n) is 8.33. The number of amides is 2. The zero-order valence-electron chi connectivity index (χ0n) is 15.0.